The molecule has 1 aromatic rings. The molecule has 0 aliphatic carbocycles. The first-order valence-corrected chi connectivity index (χ1v) is 6.26. The van der Waals surface area contributed by atoms with Gasteiger partial charge in [0.15, 0.2) is 0 Å². The van der Waals surface area contributed by atoms with Crippen LogP contribution >= 0.6 is 11.8 Å². The molecule has 2 N–H and O–H groups in total. The number of pyridine rings is 1. The summed E-state index contributed by atoms with van der Waals surface area (Å²) in [6.07, 6.45) is 2.87. The van der Waals surface area contributed by atoms with Crippen LogP contribution in [0, 0.1) is 0 Å². The Morgan fingerprint density at radius 2 is 2.27 bits per heavy atom. The molecule has 1 rings (SSSR count). The number of rotatable bonds is 5. The van der Waals surface area contributed by atoms with E-state index in [2.05, 4.69) is 13.8 Å². The van der Waals surface area contributed by atoms with Gasteiger partial charge in [-0.2, -0.15) is 11.8 Å². The monoisotopic (exact) mass is 226 g/mol. The van der Waals surface area contributed by atoms with Crippen LogP contribution in [0.1, 0.15) is 20.3 Å². The van der Waals surface area contributed by atoms with Crippen LogP contribution in [0.2, 0.25) is 0 Å². The van der Waals surface area contributed by atoms with Crippen molar-refractivity contribution in [2.45, 2.75) is 32.1 Å². The number of thioether (sulfide) groups is 1. The average molecular weight is 226 g/mol. The summed E-state index contributed by atoms with van der Waals surface area (Å²) in [6.45, 7) is 5.11. The zero-order chi connectivity index (χ0) is 11.3. The maximum Gasteiger partial charge on any atom is 0.250 e. The number of hydrogen-bond donors (Lipinski definition) is 1. The fraction of sp³-hybridized carbons (Fsp3) is 0.545. The van der Waals surface area contributed by atoms with E-state index in [-0.39, 0.29) is 5.56 Å². The molecule has 84 valence electrons. The molecule has 0 spiro atoms. The maximum atomic E-state index is 11.4. The van der Waals surface area contributed by atoms with Crippen molar-refractivity contribution in [1.29, 1.82) is 0 Å². The quantitative estimate of drug-likeness (QED) is 0.835. The summed E-state index contributed by atoms with van der Waals surface area (Å²) in [5.41, 5.74) is 6.28. The van der Waals surface area contributed by atoms with Gasteiger partial charge in [0.05, 0.1) is 0 Å². The number of aromatic nitrogens is 1. The molecule has 0 aromatic carbocycles. The van der Waals surface area contributed by atoms with Crippen molar-refractivity contribution in [2.24, 2.45) is 0 Å². The van der Waals surface area contributed by atoms with Gasteiger partial charge in [0.25, 0.3) is 5.56 Å². The topological polar surface area (TPSA) is 48.0 Å². The SMILES string of the molecule is CCC(C)SCCn1cc(N)ccc1=O. The first-order valence-electron chi connectivity index (χ1n) is 5.21. The fourth-order valence-corrected chi connectivity index (χ4v) is 2.13. The molecule has 0 bridgehead atoms. The zero-order valence-corrected chi connectivity index (χ0v) is 10.1. The molecule has 1 heterocycles. The highest BCUT2D eigenvalue weighted by Crippen LogP contribution is 2.13. The first-order chi connectivity index (χ1) is 7.13. The van der Waals surface area contributed by atoms with Crippen LogP contribution in [0.5, 0.6) is 0 Å². The van der Waals surface area contributed by atoms with E-state index >= 15 is 0 Å². The highest BCUT2D eigenvalue weighted by molar-refractivity contribution is 7.99. The molecule has 1 unspecified atom stereocenters. The van der Waals surface area contributed by atoms with E-state index in [0.29, 0.717) is 10.9 Å². The molecule has 1 atom stereocenters. The molecule has 0 fully saturated rings. The summed E-state index contributed by atoms with van der Waals surface area (Å²) >= 11 is 1.89. The van der Waals surface area contributed by atoms with Gasteiger partial charge in [-0.25, -0.2) is 0 Å². The normalized spacial score (nSPS) is 12.7. The van der Waals surface area contributed by atoms with Gasteiger partial charge in [0.1, 0.15) is 0 Å². The van der Waals surface area contributed by atoms with Crippen LogP contribution in [0.25, 0.3) is 0 Å². The van der Waals surface area contributed by atoms with Gasteiger partial charge in [0.2, 0.25) is 0 Å². The molecular weight excluding hydrogens is 208 g/mol. The summed E-state index contributed by atoms with van der Waals surface area (Å²) in [7, 11) is 0. The number of hydrogen-bond acceptors (Lipinski definition) is 3. The Balaban J connectivity index is 2.50. The van der Waals surface area contributed by atoms with E-state index in [1.807, 2.05) is 11.8 Å². The lowest BCUT2D eigenvalue weighted by Crippen LogP contribution is -2.20. The standard InChI is InChI=1S/C11H18N2OS/c1-3-9(2)15-7-6-13-8-10(12)4-5-11(13)14/h4-5,8-9H,3,6-7,12H2,1-2H3. The molecule has 0 radical (unpaired) electrons. The van der Waals surface area contributed by atoms with E-state index in [0.717, 1.165) is 18.7 Å². The number of aryl methyl sites for hydroxylation is 1. The minimum absolute atomic E-state index is 0.0222. The van der Waals surface area contributed by atoms with Gasteiger partial charge in [-0.3, -0.25) is 4.79 Å². The molecule has 1 aromatic heterocycles. The second-order valence-corrected chi connectivity index (χ2v) is 5.13. The molecule has 3 nitrogen and oxygen atoms in total. The van der Waals surface area contributed by atoms with Crippen molar-refractivity contribution in [1.82, 2.24) is 4.57 Å². The van der Waals surface area contributed by atoms with E-state index in [1.165, 1.54) is 6.07 Å². The van der Waals surface area contributed by atoms with Crippen molar-refractivity contribution in [2.75, 3.05) is 11.5 Å². The summed E-state index contributed by atoms with van der Waals surface area (Å²) in [5.74, 6) is 0.957. The first kappa shape index (κ1) is 12.2. The summed E-state index contributed by atoms with van der Waals surface area (Å²) in [4.78, 5) is 11.4. The second-order valence-electron chi connectivity index (χ2n) is 3.58. The molecule has 0 saturated heterocycles. The third kappa shape index (κ3) is 4.00. The Hall–Kier alpha value is -0.900. The average Bonchev–Trinajstić information content (AvgIpc) is 2.23. The van der Waals surface area contributed by atoms with E-state index < -0.39 is 0 Å². The van der Waals surface area contributed by atoms with Crippen LogP contribution in [0.3, 0.4) is 0 Å². The number of anilines is 1. The minimum atomic E-state index is 0.0222. The number of nitrogen functional groups attached to an aromatic ring is 1. The highest BCUT2D eigenvalue weighted by Gasteiger charge is 2.00. The lowest BCUT2D eigenvalue weighted by atomic mass is 10.4. The van der Waals surface area contributed by atoms with Crippen LogP contribution < -0.4 is 11.3 Å². The third-order valence-corrected chi connectivity index (χ3v) is 3.64. The van der Waals surface area contributed by atoms with Crippen molar-refractivity contribution in [3.63, 3.8) is 0 Å². The lowest BCUT2D eigenvalue weighted by molar-refractivity contribution is 0.734. The predicted octanol–water partition coefficient (Wildman–Crippen LogP) is 1.96. The molecule has 0 aliphatic rings. The Bertz CT molecular complexity index is 362. The highest BCUT2D eigenvalue weighted by atomic mass is 32.2. The Morgan fingerprint density at radius 3 is 2.93 bits per heavy atom. The third-order valence-electron chi connectivity index (χ3n) is 2.32. The van der Waals surface area contributed by atoms with Crippen LogP contribution in [0.15, 0.2) is 23.1 Å². The van der Waals surface area contributed by atoms with Crippen LogP contribution in [0.4, 0.5) is 5.69 Å². The minimum Gasteiger partial charge on any atom is -0.398 e. The van der Waals surface area contributed by atoms with Gasteiger partial charge >= 0.3 is 0 Å². The molecule has 15 heavy (non-hydrogen) atoms. The Kier molecular flexibility index (Phi) is 4.75. The van der Waals surface area contributed by atoms with Crippen molar-refractivity contribution in [3.05, 3.63) is 28.7 Å². The van der Waals surface area contributed by atoms with E-state index in [4.69, 9.17) is 5.73 Å². The van der Waals surface area contributed by atoms with Crippen molar-refractivity contribution in [3.8, 4) is 0 Å². The van der Waals surface area contributed by atoms with Crippen LogP contribution in [-0.2, 0) is 6.54 Å². The van der Waals surface area contributed by atoms with Gasteiger partial charge in [-0.05, 0) is 12.5 Å². The zero-order valence-electron chi connectivity index (χ0n) is 9.27. The van der Waals surface area contributed by atoms with Crippen LogP contribution in [-0.4, -0.2) is 15.6 Å². The van der Waals surface area contributed by atoms with Gasteiger partial charge in [0, 0.05) is 35.5 Å². The number of nitrogens with zero attached hydrogens (tertiary/aromatic N) is 1. The Labute approximate surface area is 94.7 Å². The maximum absolute atomic E-state index is 11.4. The van der Waals surface area contributed by atoms with Gasteiger partial charge in [-0.1, -0.05) is 13.8 Å². The van der Waals surface area contributed by atoms with Crippen molar-refractivity contribution < 1.29 is 0 Å². The largest absolute Gasteiger partial charge is 0.398 e. The predicted molar refractivity (Wildman–Crippen MR) is 67.3 cm³/mol. The molecule has 4 heteroatoms. The summed E-state index contributed by atoms with van der Waals surface area (Å²) in [6, 6.07) is 3.16. The van der Waals surface area contributed by atoms with Crippen molar-refractivity contribution >= 4 is 17.4 Å². The fourth-order valence-electron chi connectivity index (χ4n) is 1.19. The summed E-state index contributed by atoms with van der Waals surface area (Å²) < 4.78 is 1.67. The molecule has 0 amide bonds. The summed E-state index contributed by atoms with van der Waals surface area (Å²) in [5, 5.41) is 0.654. The molecular formula is C11H18N2OS. The number of nitrogens with two attached hydrogens (primary N) is 1. The lowest BCUT2D eigenvalue weighted by Gasteiger charge is -2.09. The van der Waals surface area contributed by atoms with Gasteiger partial charge in [-0.15, -0.1) is 0 Å². The van der Waals surface area contributed by atoms with Gasteiger partial charge < -0.3 is 10.3 Å². The van der Waals surface area contributed by atoms with E-state index in [1.54, 1.807) is 16.8 Å². The Morgan fingerprint density at radius 1 is 1.53 bits per heavy atom. The molecule has 0 saturated carbocycles. The van der Waals surface area contributed by atoms with E-state index in [9.17, 15) is 4.79 Å². The molecule has 0 aliphatic heterocycles. The second kappa shape index (κ2) is 5.85. The smallest absolute Gasteiger partial charge is 0.250 e.